The summed E-state index contributed by atoms with van der Waals surface area (Å²) in [6.07, 6.45) is -3.05. The fraction of sp³-hybridized carbons (Fsp3) is 0.133. The predicted molar refractivity (Wildman–Crippen MR) is 71.1 cm³/mol. The van der Waals surface area contributed by atoms with Gasteiger partial charge >= 0.3 is 6.18 Å². The van der Waals surface area contributed by atoms with E-state index in [0.717, 1.165) is 35.4 Å². The van der Waals surface area contributed by atoms with Gasteiger partial charge in [-0.2, -0.15) is 17.9 Å². The van der Waals surface area contributed by atoms with Gasteiger partial charge in [-0.3, -0.25) is 0 Å². The van der Waals surface area contributed by atoms with E-state index in [4.69, 9.17) is 0 Å². The minimum absolute atomic E-state index is 0.154. The number of alkyl halides is 3. The van der Waals surface area contributed by atoms with Crippen LogP contribution < -0.4 is 0 Å². The van der Waals surface area contributed by atoms with Crippen LogP contribution in [0.1, 0.15) is 16.7 Å². The zero-order valence-electron chi connectivity index (χ0n) is 10.7. The lowest BCUT2D eigenvalue weighted by Gasteiger charge is -2.07. The first-order valence-electron chi connectivity index (χ1n) is 5.92. The van der Waals surface area contributed by atoms with Crippen molar-refractivity contribution in [1.29, 1.82) is 0 Å². The summed E-state index contributed by atoms with van der Waals surface area (Å²) in [5.41, 5.74) is 1.02. The molecule has 0 spiro atoms. The average Bonchev–Trinajstić information content (AvgIpc) is 2.40. The lowest BCUT2D eigenvalue weighted by Crippen LogP contribution is -2.05. The second-order valence-corrected chi connectivity index (χ2v) is 4.36. The molecule has 104 valence electrons. The van der Waals surface area contributed by atoms with Gasteiger partial charge in [0.2, 0.25) is 5.69 Å². The molecule has 20 heavy (non-hydrogen) atoms. The molecule has 2 rings (SSSR count). The van der Waals surface area contributed by atoms with Crippen molar-refractivity contribution in [2.45, 2.75) is 13.1 Å². The van der Waals surface area contributed by atoms with Crippen LogP contribution in [-0.4, -0.2) is 11.0 Å². The number of hydrogen-bond donors (Lipinski definition) is 0. The van der Waals surface area contributed by atoms with Gasteiger partial charge in [-0.25, -0.2) is 0 Å². The van der Waals surface area contributed by atoms with Crippen molar-refractivity contribution in [2.24, 2.45) is 0 Å². The Balaban J connectivity index is 2.30. The Morgan fingerprint density at radius 3 is 2.15 bits per heavy atom. The number of rotatable bonds is 2. The minimum Gasteiger partial charge on any atom is -0.618 e. The van der Waals surface area contributed by atoms with Crippen LogP contribution in [0.2, 0.25) is 0 Å². The monoisotopic (exact) mass is 279 g/mol. The maximum atomic E-state index is 12.4. The van der Waals surface area contributed by atoms with Crippen LogP contribution in [0.3, 0.4) is 0 Å². The van der Waals surface area contributed by atoms with Crippen molar-refractivity contribution in [1.82, 2.24) is 0 Å². The van der Waals surface area contributed by atoms with Crippen molar-refractivity contribution in [3.05, 3.63) is 70.4 Å². The summed E-state index contributed by atoms with van der Waals surface area (Å²) in [6, 6.07) is 11.4. The molecule has 2 nitrogen and oxygen atoms in total. The van der Waals surface area contributed by atoms with Crippen molar-refractivity contribution >= 4 is 11.9 Å². The van der Waals surface area contributed by atoms with E-state index in [0.29, 0.717) is 4.74 Å². The number of nitrogens with zero attached hydrogens (tertiary/aromatic N) is 1. The molecule has 0 saturated heterocycles. The summed E-state index contributed by atoms with van der Waals surface area (Å²) in [7, 11) is 0. The molecule has 0 aliphatic heterocycles. The van der Waals surface area contributed by atoms with Gasteiger partial charge in [0.1, 0.15) is 0 Å². The summed E-state index contributed by atoms with van der Waals surface area (Å²) in [5, 5.41) is 11.9. The fourth-order valence-electron chi connectivity index (χ4n) is 1.73. The maximum absolute atomic E-state index is 12.4. The molecule has 0 radical (unpaired) electrons. The van der Waals surface area contributed by atoms with Crippen molar-refractivity contribution in [3.63, 3.8) is 0 Å². The smallest absolute Gasteiger partial charge is 0.416 e. The third-order valence-corrected chi connectivity index (χ3v) is 2.89. The van der Waals surface area contributed by atoms with Gasteiger partial charge in [-0.1, -0.05) is 18.2 Å². The topological polar surface area (TPSA) is 26.1 Å². The second-order valence-electron chi connectivity index (χ2n) is 4.36. The Hall–Kier alpha value is -2.30. The molecule has 0 amide bonds. The molecule has 0 aliphatic rings. The molecule has 0 bridgehead atoms. The summed E-state index contributed by atoms with van der Waals surface area (Å²) in [6.45, 7) is 1.85. The van der Waals surface area contributed by atoms with E-state index in [1.165, 1.54) is 6.21 Å². The SMILES string of the molecule is Cc1ccccc1C=[N+]([O-])c1ccc(C(F)(F)F)cc1. The van der Waals surface area contributed by atoms with Crippen LogP contribution in [0.15, 0.2) is 48.5 Å². The lowest BCUT2D eigenvalue weighted by atomic mass is 10.1. The standard InChI is InChI=1S/C15H12F3NO/c1-11-4-2-3-5-12(11)10-19(20)14-8-6-13(7-9-14)15(16,17)18/h2-10H,1H3. The Labute approximate surface area is 114 Å². The zero-order valence-corrected chi connectivity index (χ0v) is 10.7. The van der Waals surface area contributed by atoms with Gasteiger partial charge < -0.3 is 5.21 Å². The van der Waals surface area contributed by atoms with E-state index in [9.17, 15) is 18.4 Å². The molecule has 0 heterocycles. The summed E-state index contributed by atoms with van der Waals surface area (Å²) in [5.74, 6) is 0. The Morgan fingerprint density at radius 2 is 1.60 bits per heavy atom. The molecule has 0 aliphatic carbocycles. The third-order valence-electron chi connectivity index (χ3n) is 2.89. The van der Waals surface area contributed by atoms with Gasteiger partial charge in [-0.05, 0) is 30.7 Å². The highest BCUT2D eigenvalue weighted by Gasteiger charge is 2.30. The van der Waals surface area contributed by atoms with Crippen LogP contribution in [0.25, 0.3) is 0 Å². The molecule has 0 fully saturated rings. The first-order chi connectivity index (χ1) is 9.38. The molecule has 0 atom stereocenters. The van der Waals surface area contributed by atoms with E-state index >= 15 is 0 Å². The van der Waals surface area contributed by atoms with E-state index in [-0.39, 0.29) is 5.69 Å². The minimum atomic E-state index is -4.40. The second kappa shape index (κ2) is 5.36. The number of halogens is 3. The van der Waals surface area contributed by atoms with Crippen molar-refractivity contribution < 1.29 is 17.9 Å². The summed E-state index contributed by atoms with van der Waals surface area (Å²) < 4.78 is 37.8. The molecule has 5 heteroatoms. The van der Waals surface area contributed by atoms with Gasteiger partial charge in [-0.15, -0.1) is 0 Å². The molecule has 0 unspecified atom stereocenters. The van der Waals surface area contributed by atoms with Crippen LogP contribution in [0.5, 0.6) is 0 Å². The summed E-state index contributed by atoms with van der Waals surface area (Å²) in [4.78, 5) is 0. The molecular formula is C15H12F3NO. The summed E-state index contributed by atoms with van der Waals surface area (Å²) >= 11 is 0. The molecule has 0 N–H and O–H groups in total. The normalized spacial score (nSPS) is 12.5. The van der Waals surface area contributed by atoms with Crippen LogP contribution in [0, 0.1) is 12.1 Å². The van der Waals surface area contributed by atoms with Crippen LogP contribution in [0.4, 0.5) is 18.9 Å². The third kappa shape index (κ3) is 3.17. The Bertz CT molecular complexity index is 630. The molecule has 2 aromatic rings. The van der Waals surface area contributed by atoms with Gasteiger partial charge in [0.15, 0.2) is 6.21 Å². The largest absolute Gasteiger partial charge is 0.618 e. The van der Waals surface area contributed by atoms with Gasteiger partial charge in [0.25, 0.3) is 0 Å². The van der Waals surface area contributed by atoms with Gasteiger partial charge in [0, 0.05) is 17.7 Å². The quantitative estimate of drug-likeness (QED) is 0.349. The Kier molecular flexibility index (Phi) is 3.79. The maximum Gasteiger partial charge on any atom is 0.416 e. The molecule has 0 saturated carbocycles. The predicted octanol–water partition coefficient (Wildman–Crippen LogP) is 4.27. The highest BCUT2D eigenvalue weighted by Crippen LogP contribution is 2.30. The highest BCUT2D eigenvalue weighted by molar-refractivity contribution is 5.78. The van der Waals surface area contributed by atoms with Crippen LogP contribution in [-0.2, 0) is 6.18 Å². The van der Waals surface area contributed by atoms with E-state index in [1.54, 1.807) is 12.1 Å². The fourth-order valence-corrected chi connectivity index (χ4v) is 1.73. The van der Waals surface area contributed by atoms with Crippen molar-refractivity contribution in [3.8, 4) is 0 Å². The number of aryl methyl sites for hydroxylation is 1. The lowest BCUT2D eigenvalue weighted by molar-refractivity contribution is -0.354. The highest BCUT2D eigenvalue weighted by atomic mass is 19.4. The molecule has 2 aromatic carbocycles. The van der Waals surface area contributed by atoms with Gasteiger partial charge in [0.05, 0.1) is 5.56 Å². The van der Waals surface area contributed by atoms with Crippen LogP contribution >= 0.6 is 0 Å². The number of benzene rings is 2. The van der Waals surface area contributed by atoms with E-state index < -0.39 is 11.7 Å². The average molecular weight is 279 g/mol. The number of hydrogen-bond acceptors (Lipinski definition) is 1. The molecule has 0 aromatic heterocycles. The Morgan fingerprint density at radius 1 is 1.00 bits per heavy atom. The molecular weight excluding hydrogens is 267 g/mol. The van der Waals surface area contributed by atoms with E-state index in [1.807, 2.05) is 19.1 Å². The zero-order chi connectivity index (χ0) is 14.8. The first-order valence-corrected chi connectivity index (χ1v) is 5.92. The van der Waals surface area contributed by atoms with E-state index in [2.05, 4.69) is 0 Å². The first kappa shape index (κ1) is 14.1. The van der Waals surface area contributed by atoms with Crippen molar-refractivity contribution in [2.75, 3.05) is 0 Å².